The second-order valence-electron chi connectivity index (χ2n) is 4.76. The highest BCUT2D eigenvalue weighted by Gasteiger charge is 2.11. The third kappa shape index (κ3) is 3.62. The molecule has 1 amide bonds. The van der Waals surface area contributed by atoms with Crippen molar-refractivity contribution in [1.82, 2.24) is 15.3 Å². The summed E-state index contributed by atoms with van der Waals surface area (Å²) in [6, 6.07) is 4.36. The van der Waals surface area contributed by atoms with Crippen molar-refractivity contribution in [3.05, 3.63) is 34.6 Å². The number of nitrogens with zero attached hydrogens (tertiary/aromatic N) is 3. The summed E-state index contributed by atoms with van der Waals surface area (Å²) in [6.07, 6.45) is 1.34. The number of fused-ring (bicyclic) bond motifs is 1. The lowest BCUT2D eigenvalue weighted by atomic mass is 10.2. The van der Waals surface area contributed by atoms with Crippen LogP contribution in [0.1, 0.15) is 13.8 Å². The number of non-ortho nitro benzene ring substituents is 1. The van der Waals surface area contributed by atoms with E-state index >= 15 is 0 Å². The van der Waals surface area contributed by atoms with Gasteiger partial charge >= 0.3 is 0 Å². The first-order chi connectivity index (χ1) is 9.97. The second-order valence-corrected chi connectivity index (χ2v) is 4.76. The Morgan fingerprint density at radius 3 is 2.81 bits per heavy atom. The maximum Gasteiger partial charge on any atom is 0.270 e. The highest BCUT2D eigenvalue weighted by Crippen LogP contribution is 2.23. The Bertz CT molecular complexity index is 687. The van der Waals surface area contributed by atoms with Crippen molar-refractivity contribution in [3.63, 3.8) is 0 Å². The van der Waals surface area contributed by atoms with E-state index in [0.717, 1.165) is 0 Å². The van der Waals surface area contributed by atoms with Gasteiger partial charge in [-0.05, 0) is 19.9 Å². The van der Waals surface area contributed by atoms with Gasteiger partial charge in [-0.1, -0.05) is 0 Å². The Morgan fingerprint density at radius 2 is 2.14 bits per heavy atom. The summed E-state index contributed by atoms with van der Waals surface area (Å²) in [5.41, 5.74) is 0.523. The molecule has 1 aromatic heterocycles. The van der Waals surface area contributed by atoms with Gasteiger partial charge in [-0.15, -0.1) is 0 Å². The van der Waals surface area contributed by atoms with Crippen molar-refractivity contribution >= 4 is 28.3 Å². The second kappa shape index (κ2) is 6.12. The normalized spacial score (nSPS) is 10.6. The Morgan fingerprint density at radius 1 is 1.38 bits per heavy atom. The molecule has 0 aliphatic heterocycles. The van der Waals surface area contributed by atoms with Gasteiger partial charge in [0.2, 0.25) is 5.91 Å². The number of amides is 1. The van der Waals surface area contributed by atoms with E-state index in [1.807, 2.05) is 13.8 Å². The van der Waals surface area contributed by atoms with Crippen molar-refractivity contribution < 1.29 is 9.72 Å². The lowest BCUT2D eigenvalue weighted by Crippen LogP contribution is -2.35. The molecular weight excluding hydrogens is 274 g/mol. The van der Waals surface area contributed by atoms with E-state index in [2.05, 4.69) is 20.6 Å². The molecule has 0 saturated heterocycles. The van der Waals surface area contributed by atoms with E-state index in [0.29, 0.717) is 16.7 Å². The molecular formula is C13H15N5O3. The van der Waals surface area contributed by atoms with Crippen molar-refractivity contribution in [2.45, 2.75) is 19.9 Å². The summed E-state index contributed by atoms with van der Waals surface area (Å²) in [4.78, 5) is 30.0. The lowest BCUT2D eigenvalue weighted by Gasteiger charge is -2.10. The molecule has 2 aromatic rings. The summed E-state index contributed by atoms with van der Waals surface area (Å²) in [5.74, 6) is 0.213. The first kappa shape index (κ1) is 14.6. The van der Waals surface area contributed by atoms with Gasteiger partial charge in [0.05, 0.1) is 17.0 Å². The minimum absolute atomic E-state index is 0.0347. The van der Waals surface area contributed by atoms with Crippen LogP contribution in [0.4, 0.5) is 11.5 Å². The predicted octanol–water partition coefficient (Wildman–Crippen LogP) is 1.47. The summed E-state index contributed by atoms with van der Waals surface area (Å²) in [5, 5.41) is 16.9. The average molecular weight is 289 g/mol. The minimum atomic E-state index is -0.484. The third-order valence-electron chi connectivity index (χ3n) is 2.70. The first-order valence-electron chi connectivity index (χ1n) is 6.40. The van der Waals surface area contributed by atoms with Crippen molar-refractivity contribution in [2.24, 2.45) is 0 Å². The Labute approximate surface area is 120 Å². The molecule has 2 N–H and O–H groups in total. The van der Waals surface area contributed by atoms with E-state index in [-0.39, 0.29) is 24.2 Å². The molecule has 0 spiro atoms. The van der Waals surface area contributed by atoms with Crippen LogP contribution in [-0.2, 0) is 4.79 Å². The molecule has 2 rings (SSSR count). The van der Waals surface area contributed by atoms with Gasteiger partial charge in [0, 0.05) is 23.6 Å². The Kier molecular flexibility index (Phi) is 4.27. The summed E-state index contributed by atoms with van der Waals surface area (Å²) < 4.78 is 0. The van der Waals surface area contributed by atoms with Crippen LogP contribution >= 0.6 is 0 Å². The smallest absolute Gasteiger partial charge is 0.270 e. The number of hydrogen-bond acceptors (Lipinski definition) is 6. The summed E-state index contributed by atoms with van der Waals surface area (Å²) in [6.45, 7) is 3.76. The largest absolute Gasteiger partial charge is 0.360 e. The maximum absolute atomic E-state index is 11.6. The third-order valence-corrected chi connectivity index (χ3v) is 2.70. The molecule has 0 fully saturated rings. The molecule has 1 aromatic carbocycles. The molecule has 8 heteroatoms. The average Bonchev–Trinajstić information content (AvgIpc) is 2.43. The molecule has 0 bridgehead atoms. The van der Waals surface area contributed by atoms with Crippen molar-refractivity contribution in [3.8, 4) is 0 Å². The number of carbonyl (C=O) groups is 1. The van der Waals surface area contributed by atoms with Gasteiger partial charge in [-0.3, -0.25) is 14.9 Å². The molecule has 0 unspecified atom stereocenters. The number of anilines is 1. The van der Waals surface area contributed by atoms with Crippen molar-refractivity contribution in [1.29, 1.82) is 0 Å². The highest BCUT2D eigenvalue weighted by atomic mass is 16.6. The van der Waals surface area contributed by atoms with Crippen LogP contribution in [0.5, 0.6) is 0 Å². The lowest BCUT2D eigenvalue weighted by molar-refractivity contribution is -0.384. The Balaban J connectivity index is 2.24. The van der Waals surface area contributed by atoms with Crippen LogP contribution in [0.3, 0.4) is 0 Å². The molecule has 1 heterocycles. The zero-order valence-corrected chi connectivity index (χ0v) is 11.7. The molecule has 0 atom stereocenters. The van der Waals surface area contributed by atoms with Crippen LogP contribution in [0, 0.1) is 10.1 Å². The van der Waals surface area contributed by atoms with Gasteiger partial charge in [0.1, 0.15) is 12.1 Å². The van der Waals surface area contributed by atoms with Crippen LogP contribution in [0.15, 0.2) is 24.5 Å². The van der Waals surface area contributed by atoms with Gasteiger partial charge in [-0.25, -0.2) is 9.97 Å². The van der Waals surface area contributed by atoms with E-state index in [9.17, 15) is 14.9 Å². The molecule has 0 aliphatic rings. The standard InChI is InChI=1S/C13H15N5O3/c1-8(2)17-12(19)6-14-13-10-5-9(18(20)21)3-4-11(10)15-7-16-13/h3-5,7-8H,6H2,1-2H3,(H,17,19)(H,14,15,16). The number of nitro benzene ring substituents is 1. The molecule has 110 valence electrons. The molecule has 21 heavy (non-hydrogen) atoms. The summed E-state index contributed by atoms with van der Waals surface area (Å²) >= 11 is 0. The molecule has 0 aliphatic carbocycles. The predicted molar refractivity (Wildman–Crippen MR) is 78.0 cm³/mol. The van der Waals surface area contributed by atoms with Crippen LogP contribution in [-0.4, -0.2) is 33.4 Å². The SMILES string of the molecule is CC(C)NC(=O)CNc1ncnc2ccc([N+](=O)[O-])cc12. The monoisotopic (exact) mass is 289 g/mol. The molecule has 0 radical (unpaired) electrons. The van der Waals surface area contributed by atoms with Gasteiger partial charge in [0.25, 0.3) is 5.69 Å². The number of hydrogen-bond donors (Lipinski definition) is 2. The number of rotatable bonds is 5. The summed E-state index contributed by atoms with van der Waals surface area (Å²) in [7, 11) is 0. The zero-order chi connectivity index (χ0) is 15.4. The number of aromatic nitrogens is 2. The molecule has 8 nitrogen and oxygen atoms in total. The number of carbonyl (C=O) groups excluding carboxylic acids is 1. The van der Waals surface area contributed by atoms with E-state index < -0.39 is 4.92 Å². The minimum Gasteiger partial charge on any atom is -0.360 e. The van der Waals surface area contributed by atoms with Crippen LogP contribution in [0.25, 0.3) is 10.9 Å². The van der Waals surface area contributed by atoms with Crippen molar-refractivity contribution in [2.75, 3.05) is 11.9 Å². The van der Waals surface area contributed by atoms with Crippen LogP contribution in [0.2, 0.25) is 0 Å². The fourth-order valence-corrected chi connectivity index (χ4v) is 1.84. The van der Waals surface area contributed by atoms with Gasteiger partial charge in [-0.2, -0.15) is 0 Å². The fourth-order valence-electron chi connectivity index (χ4n) is 1.84. The fraction of sp³-hybridized carbons (Fsp3) is 0.308. The highest BCUT2D eigenvalue weighted by molar-refractivity contribution is 5.92. The maximum atomic E-state index is 11.6. The topological polar surface area (TPSA) is 110 Å². The van der Waals surface area contributed by atoms with Gasteiger partial charge < -0.3 is 10.6 Å². The Hall–Kier alpha value is -2.77. The molecule has 0 saturated carbocycles. The van der Waals surface area contributed by atoms with Gasteiger partial charge in [0.15, 0.2) is 0 Å². The van der Waals surface area contributed by atoms with Crippen LogP contribution < -0.4 is 10.6 Å². The number of benzene rings is 1. The van der Waals surface area contributed by atoms with E-state index in [1.54, 1.807) is 6.07 Å². The zero-order valence-electron chi connectivity index (χ0n) is 11.7. The number of nitro groups is 1. The van der Waals surface area contributed by atoms with E-state index in [4.69, 9.17) is 0 Å². The van der Waals surface area contributed by atoms with E-state index in [1.165, 1.54) is 18.5 Å². The quantitative estimate of drug-likeness (QED) is 0.637. The number of nitrogens with one attached hydrogen (secondary N) is 2. The first-order valence-corrected chi connectivity index (χ1v) is 6.40.